The Bertz CT molecular complexity index is 506. The molecule has 102 valence electrons. The van der Waals surface area contributed by atoms with Gasteiger partial charge < -0.3 is 19.9 Å². The van der Waals surface area contributed by atoms with Gasteiger partial charge in [0.05, 0.1) is 18.1 Å². The molecule has 2 N–H and O–H groups in total. The summed E-state index contributed by atoms with van der Waals surface area (Å²) < 4.78 is 16.3. The van der Waals surface area contributed by atoms with E-state index in [1.54, 1.807) is 6.07 Å². The first kappa shape index (κ1) is 13.5. The number of nitriles is 1. The van der Waals surface area contributed by atoms with Gasteiger partial charge in [-0.3, -0.25) is 0 Å². The van der Waals surface area contributed by atoms with Gasteiger partial charge in [-0.15, -0.1) is 0 Å². The third-order valence-corrected chi connectivity index (χ3v) is 3.06. The van der Waals surface area contributed by atoms with Crippen LogP contribution in [0.2, 0.25) is 0 Å². The van der Waals surface area contributed by atoms with E-state index in [1.807, 2.05) is 19.9 Å². The fraction of sp³-hybridized carbons (Fsp3) is 0.500. The van der Waals surface area contributed by atoms with Crippen LogP contribution in [0.5, 0.6) is 17.2 Å². The van der Waals surface area contributed by atoms with Crippen molar-refractivity contribution in [2.75, 3.05) is 13.4 Å². The number of benzene rings is 1. The molecule has 19 heavy (non-hydrogen) atoms. The van der Waals surface area contributed by atoms with E-state index in [0.717, 1.165) is 5.56 Å². The van der Waals surface area contributed by atoms with E-state index < -0.39 is 0 Å². The molecule has 1 aromatic rings. The van der Waals surface area contributed by atoms with Gasteiger partial charge >= 0.3 is 0 Å². The Morgan fingerprint density at radius 3 is 2.68 bits per heavy atom. The van der Waals surface area contributed by atoms with Crippen LogP contribution in [0.4, 0.5) is 0 Å². The van der Waals surface area contributed by atoms with Gasteiger partial charge in [0.2, 0.25) is 6.79 Å². The summed E-state index contributed by atoms with van der Waals surface area (Å²) in [5.41, 5.74) is 6.18. The van der Waals surface area contributed by atoms with Crippen LogP contribution in [-0.2, 0) is 6.54 Å². The molecule has 0 saturated carbocycles. The van der Waals surface area contributed by atoms with E-state index in [2.05, 4.69) is 6.07 Å². The summed E-state index contributed by atoms with van der Waals surface area (Å²) in [5, 5.41) is 8.96. The van der Waals surface area contributed by atoms with Gasteiger partial charge in [-0.05, 0) is 26.3 Å². The SMILES string of the molecule is CC(C)(C#N)CCOc1cc2c(cc1CN)OCO2. The van der Waals surface area contributed by atoms with E-state index in [1.165, 1.54) is 0 Å². The van der Waals surface area contributed by atoms with Crippen LogP contribution in [0.1, 0.15) is 25.8 Å². The highest BCUT2D eigenvalue weighted by Crippen LogP contribution is 2.38. The molecule has 0 bridgehead atoms. The zero-order valence-electron chi connectivity index (χ0n) is 11.2. The maximum absolute atomic E-state index is 8.96. The lowest BCUT2D eigenvalue weighted by Crippen LogP contribution is -2.14. The minimum Gasteiger partial charge on any atom is -0.493 e. The van der Waals surface area contributed by atoms with Gasteiger partial charge in [-0.1, -0.05) is 0 Å². The number of nitrogens with two attached hydrogens (primary N) is 1. The van der Waals surface area contributed by atoms with E-state index in [0.29, 0.717) is 36.8 Å². The second-order valence-corrected chi connectivity index (χ2v) is 5.11. The summed E-state index contributed by atoms with van der Waals surface area (Å²) in [5.74, 6) is 2.07. The molecule has 2 rings (SSSR count). The number of fused-ring (bicyclic) bond motifs is 1. The zero-order valence-corrected chi connectivity index (χ0v) is 11.2. The Kier molecular flexibility index (Phi) is 3.82. The lowest BCUT2D eigenvalue weighted by Gasteiger charge is -2.16. The van der Waals surface area contributed by atoms with Gasteiger partial charge in [-0.2, -0.15) is 5.26 Å². The molecule has 1 aromatic carbocycles. The van der Waals surface area contributed by atoms with Crippen molar-refractivity contribution in [2.45, 2.75) is 26.8 Å². The predicted molar refractivity (Wildman–Crippen MR) is 70.0 cm³/mol. The van der Waals surface area contributed by atoms with Crippen LogP contribution in [0.3, 0.4) is 0 Å². The molecule has 0 spiro atoms. The first-order valence-corrected chi connectivity index (χ1v) is 6.22. The molecule has 0 aliphatic carbocycles. The van der Waals surface area contributed by atoms with Gasteiger partial charge in [0.15, 0.2) is 11.5 Å². The summed E-state index contributed by atoms with van der Waals surface area (Å²) in [6, 6.07) is 5.88. The molecular weight excluding hydrogens is 244 g/mol. The number of hydrogen-bond donors (Lipinski definition) is 1. The molecule has 0 atom stereocenters. The van der Waals surface area contributed by atoms with Gasteiger partial charge in [0.25, 0.3) is 0 Å². The van der Waals surface area contributed by atoms with Crippen molar-refractivity contribution in [2.24, 2.45) is 11.1 Å². The number of hydrogen-bond acceptors (Lipinski definition) is 5. The first-order valence-electron chi connectivity index (χ1n) is 6.22. The zero-order chi connectivity index (χ0) is 13.9. The van der Waals surface area contributed by atoms with Crippen molar-refractivity contribution in [3.8, 4) is 23.3 Å². The monoisotopic (exact) mass is 262 g/mol. The third kappa shape index (κ3) is 3.09. The van der Waals surface area contributed by atoms with E-state index in [9.17, 15) is 0 Å². The second kappa shape index (κ2) is 5.37. The highest BCUT2D eigenvalue weighted by atomic mass is 16.7. The molecule has 5 nitrogen and oxygen atoms in total. The van der Waals surface area contributed by atoms with E-state index >= 15 is 0 Å². The normalized spacial score (nSPS) is 13.2. The Morgan fingerprint density at radius 1 is 1.37 bits per heavy atom. The molecule has 0 fully saturated rings. The number of nitrogens with zero attached hydrogens (tertiary/aromatic N) is 1. The highest BCUT2D eigenvalue weighted by molar-refractivity contribution is 5.51. The summed E-state index contributed by atoms with van der Waals surface area (Å²) in [6.45, 7) is 4.84. The van der Waals surface area contributed by atoms with Crippen LogP contribution in [0.15, 0.2) is 12.1 Å². The molecule has 5 heteroatoms. The molecule has 0 radical (unpaired) electrons. The lowest BCUT2D eigenvalue weighted by atomic mass is 9.92. The standard InChI is InChI=1S/C14H18N2O3/c1-14(2,8-16)3-4-17-11-6-13-12(18-9-19-13)5-10(11)7-15/h5-6H,3-4,7,9,15H2,1-2H3. The largest absolute Gasteiger partial charge is 0.493 e. The fourth-order valence-corrected chi connectivity index (χ4v) is 1.73. The van der Waals surface area contributed by atoms with Crippen molar-refractivity contribution >= 4 is 0 Å². The lowest BCUT2D eigenvalue weighted by molar-refractivity contribution is 0.173. The summed E-state index contributed by atoms with van der Waals surface area (Å²) in [6.07, 6.45) is 0.655. The summed E-state index contributed by atoms with van der Waals surface area (Å²) in [4.78, 5) is 0. The van der Waals surface area contributed by atoms with Crippen LogP contribution in [-0.4, -0.2) is 13.4 Å². The quantitative estimate of drug-likeness (QED) is 0.880. The second-order valence-electron chi connectivity index (χ2n) is 5.11. The molecule has 0 saturated heterocycles. The highest BCUT2D eigenvalue weighted by Gasteiger charge is 2.19. The maximum atomic E-state index is 8.96. The van der Waals surface area contributed by atoms with Crippen LogP contribution in [0.25, 0.3) is 0 Å². The first-order chi connectivity index (χ1) is 9.05. The topological polar surface area (TPSA) is 77.5 Å². The number of ether oxygens (including phenoxy) is 3. The Labute approximate surface area is 112 Å². The average molecular weight is 262 g/mol. The van der Waals surface area contributed by atoms with Crippen LogP contribution >= 0.6 is 0 Å². The molecular formula is C14H18N2O3. The van der Waals surface area contributed by atoms with Crippen LogP contribution < -0.4 is 19.9 Å². The minimum absolute atomic E-state index is 0.226. The number of rotatable bonds is 5. The van der Waals surface area contributed by atoms with Crippen molar-refractivity contribution in [1.29, 1.82) is 5.26 Å². The Morgan fingerprint density at radius 2 is 2.05 bits per heavy atom. The molecule has 1 aliphatic rings. The smallest absolute Gasteiger partial charge is 0.231 e. The van der Waals surface area contributed by atoms with Gasteiger partial charge in [0, 0.05) is 18.2 Å². The Balaban J connectivity index is 2.06. The molecule has 0 aromatic heterocycles. The molecule has 1 heterocycles. The van der Waals surface area contributed by atoms with Crippen molar-refractivity contribution in [3.05, 3.63) is 17.7 Å². The molecule has 0 amide bonds. The molecule has 1 aliphatic heterocycles. The van der Waals surface area contributed by atoms with Gasteiger partial charge in [0.1, 0.15) is 5.75 Å². The predicted octanol–water partition coefficient (Wildman–Crippen LogP) is 2.19. The maximum Gasteiger partial charge on any atom is 0.231 e. The summed E-state index contributed by atoms with van der Waals surface area (Å²) in [7, 11) is 0. The summed E-state index contributed by atoms with van der Waals surface area (Å²) >= 11 is 0. The van der Waals surface area contributed by atoms with E-state index in [-0.39, 0.29) is 12.2 Å². The fourth-order valence-electron chi connectivity index (χ4n) is 1.73. The minimum atomic E-state index is -0.390. The van der Waals surface area contributed by atoms with Crippen molar-refractivity contribution in [1.82, 2.24) is 0 Å². The Hall–Kier alpha value is -1.93. The van der Waals surface area contributed by atoms with Crippen molar-refractivity contribution in [3.63, 3.8) is 0 Å². The molecule has 0 unspecified atom stereocenters. The average Bonchev–Trinajstić information content (AvgIpc) is 2.84. The van der Waals surface area contributed by atoms with E-state index in [4.69, 9.17) is 25.2 Å². The van der Waals surface area contributed by atoms with Crippen molar-refractivity contribution < 1.29 is 14.2 Å². The third-order valence-electron chi connectivity index (χ3n) is 3.06. The van der Waals surface area contributed by atoms with Gasteiger partial charge in [-0.25, -0.2) is 0 Å². The van der Waals surface area contributed by atoms with Crippen LogP contribution in [0, 0.1) is 16.7 Å².